The van der Waals surface area contributed by atoms with Crippen molar-refractivity contribution in [3.63, 3.8) is 0 Å². The second-order valence-corrected chi connectivity index (χ2v) is 11.4. The van der Waals surface area contributed by atoms with Crippen LogP contribution in [0.25, 0.3) is 22.3 Å². The highest BCUT2D eigenvalue weighted by atomic mass is 16.3. The summed E-state index contributed by atoms with van der Waals surface area (Å²) < 4.78 is 0. The highest BCUT2D eigenvalue weighted by Crippen LogP contribution is 2.62. The molecule has 4 aromatic rings. The number of aliphatic hydroxyl groups is 1. The number of benzene rings is 4. The summed E-state index contributed by atoms with van der Waals surface area (Å²) in [5.74, 6) is 0.311. The van der Waals surface area contributed by atoms with Crippen LogP contribution in [0.1, 0.15) is 29.5 Å². The minimum atomic E-state index is -1.15. The third-order valence-electron chi connectivity index (χ3n) is 9.47. The Kier molecular flexibility index (Phi) is 4.90. The number of allylic oxidation sites excluding steroid dienone is 7. The summed E-state index contributed by atoms with van der Waals surface area (Å²) in [7, 11) is 0. The summed E-state index contributed by atoms with van der Waals surface area (Å²) in [6.45, 7) is 0. The summed E-state index contributed by atoms with van der Waals surface area (Å²) in [5.41, 5.74) is 9.71. The highest BCUT2D eigenvalue weighted by molar-refractivity contribution is 5.82. The summed E-state index contributed by atoms with van der Waals surface area (Å²) in [4.78, 5) is 0. The lowest BCUT2D eigenvalue weighted by Gasteiger charge is -2.41. The summed E-state index contributed by atoms with van der Waals surface area (Å²) in [5, 5.41) is 12.7. The molecule has 1 heteroatoms. The lowest BCUT2D eigenvalue weighted by Crippen LogP contribution is -2.37. The van der Waals surface area contributed by atoms with Gasteiger partial charge in [0.15, 0.2) is 0 Å². The molecule has 188 valence electrons. The third kappa shape index (κ3) is 3.17. The lowest BCUT2D eigenvalue weighted by molar-refractivity contribution is 0.113. The van der Waals surface area contributed by atoms with Gasteiger partial charge >= 0.3 is 0 Å². The van der Waals surface area contributed by atoms with Crippen LogP contribution in [-0.2, 0) is 11.0 Å². The zero-order valence-corrected chi connectivity index (χ0v) is 21.8. The average Bonchev–Trinajstić information content (AvgIpc) is 3.78. The molecule has 0 bridgehead atoms. The largest absolute Gasteiger partial charge is 0.376 e. The molecule has 1 fully saturated rings. The van der Waals surface area contributed by atoms with Crippen molar-refractivity contribution in [2.24, 2.45) is 11.8 Å². The standard InChI is InChI=1S/C38H30O/c39-38(34-20-10-7-17-30(34)31-18-8-11-21-35(31)38)36-23-22-33(28-15-4-5-16-29(28)36)37(24-25-37)32-19-9-6-14-27(32)26-12-2-1-3-13-26/h1-23,28-29,39H,24-25H2. The van der Waals surface area contributed by atoms with E-state index >= 15 is 0 Å². The smallest absolute Gasteiger partial charge is 0.138 e. The van der Waals surface area contributed by atoms with Gasteiger partial charge in [0, 0.05) is 28.4 Å². The fourth-order valence-corrected chi connectivity index (χ4v) is 7.57. The Hall–Kier alpha value is -4.20. The Balaban J connectivity index is 1.31. The molecule has 8 rings (SSSR count). The maximum absolute atomic E-state index is 12.7. The van der Waals surface area contributed by atoms with E-state index in [0.717, 1.165) is 40.7 Å². The van der Waals surface area contributed by atoms with Crippen LogP contribution >= 0.6 is 0 Å². The molecular formula is C38H30O. The molecule has 0 saturated heterocycles. The topological polar surface area (TPSA) is 20.2 Å². The van der Waals surface area contributed by atoms with E-state index in [1.807, 2.05) is 12.1 Å². The SMILES string of the molecule is OC1(C2=CC=C(C3(c4ccccc4-c4ccccc4)CC3)C3C=CC=CC23)c2ccccc2-c2ccccc21. The van der Waals surface area contributed by atoms with Crippen LogP contribution in [0, 0.1) is 11.8 Å². The van der Waals surface area contributed by atoms with Crippen molar-refractivity contribution in [1.82, 2.24) is 0 Å². The molecule has 4 aromatic carbocycles. The van der Waals surface area contributed by atoms with Crippen molar-refractivity contribution in [3.05, 3.63) is 167 Å². The molecule has 1 N–H and O–H groups in total. The van der Waals surface area contributed by atoms with Gasteiger partial charge in [-0.15, -0.1) is 0 Å². The van der Waals surface area contributed by atoms with E-state index in [1.54, 1.807) is 0 Å². The number of rotatable bonds is 4. The third-order valence-corrected chi connectivity index (χ3v) is 9.47. The maximum atomic E-state index is 12.7. The van der Waals surface area contributed by atoms with Gasteiger partial charge in [-0.3, -0.25) is 0 Å². The van der Waals surface area contributed by atoms with Gasteiger partial charge in [0.1, 0.15) is 5.60 Å². The van der Waals surface area contributed by atoms with Crippen molar-refractivity contribution in [3.8, 4) is 22.3 Å². The quantitative estimate of drug-likeness (QED) is 0.296. The van der Waals surface area contributed by atoms with E-state index in [-0.39, 0.29) is 17.3 Å². The van der Waals surface area contributed by atoms with Gasteiger partial charge in [-0.2, -0.15) is 0 Å². The fourth-order valence-electron chi connectivity index (χ4n) is 7.57. The Morgan fingerprint density at radius 1 is 0.513 bits per heavy atom. The Morgan fingerprint density at radius 2 is 1.00 bits per heavy atom. The Labute approximate surface area is 230 Å². The monoisotopic (exact) mass is 502 g/mol. The predicted octanol–water partition coefficient (Wildman–Crippen LogP) is 8.53. The van der Waals surface area contributed by atoms with Crippen LogP contribution in [0.5, 0.6) is 0 Å². The normalized spacial score (nSPS) is 22.8. The van der Waals surface area contributed by atoms with Gasteiger partial charge in [-0.05, 0) is 46.2 Å². The maximum Gasteiger partial charge on any atom is 0.138 e. The minimum Gasteiger partial charge on any atom is -0.376 e. The van der Waals surface area contributed by atoms with E-state index in [2.05, 4.69) is 127 Å². The second-order valence-electron chi connectivity index (χ2n) is 11.4. The van der Waals surface area contributed by atoms with Gasteiger partial charge in [0.2, 0.25) is 0 Å². The summed E-state index contributed by atoms with van der Waals surface area (Å²) in [6, 6.07) is 36.5. The van der Waals surface area contributed by atoms with Crippen LogP contribution in [-0.4, -0.2) is 5.11 Å². The van der Waals surface area contributed by atoms with Gasteiger partial charge in [-0.25, -0.2) is 0 Å². The zero-order chi connectivity index (χ0) is 26.0. The summed E-state index contributed by atoms with van der Waals surface area (Å²) >= 11 is 0. The van der Waals surface area contributed by atoms with Gasteiger partial charge < -0.3 is 5.11 Å². The zero-order valence-electron chi connectivity index (χ0n) is 21.8. The molecule has 1 saturated carbocycles. The van der Waals surface area contributed by atoms with Crippen molar-refractivity contribution in [1.29, 1.82) is 0 Å². The van der Waals surface area contributed by atoms with Gasteiger partial charge in [-0.1, -0.05) is 145 Å². The first-order valence-corrected chi connectivity index (χ1v) is 14.1. The van der Waals surface area contributed by atoms with E-state index in [1.165, 1.54) is 22.3 Å². The van der Waals surface area contributed by atoms with E-state index in [4.69, 9.17) is 0 Å². The van der Waals surface area contributed by atoms with Crippen molar-refractivity contribution in [2.75, 3.05) is 0 Å². The minimum absolute atomic E-state index is 0.0288. The molecule has 0 aromatic heterocycles. The molecule has 4 aliphatic carbocycles. The average molecular weight is 503 g/mol. The molecule has 2 unspecified atom stereocenters. The number of hydrogen-bond donors (Lipinski definition) is 1. The second kappa shape index (κ2) is 8.40. The molecule has 0 spiro atoms. The summed E-state index contributed by atoms with van der Waals surface area (Å²) in [6.07, 6.45) is 15.9. The van der Waals surface area contributed by atoms with E-state index in [9.17, 15) is 5.11 Å². The highest BCUT2D eigenvalue weighted by Gasteiger charge is 2.54. The van der Waals surface area contributed by atoms with Crippen LogP contribution in [0.4, 0.5) is 0 Å². The van der Waals surface area contributed by atoms with Crippen LogP contribution in [0.3, 0.4) is 0 Å². The van der Waals surface area contributed by atoms with Crippen molar-refractivity contribution in [2.45, 2.75) is 23.9 Å². The van der Waals surface area contributed by atoms with Crippen molar-refractivity contribution >= 4 is 0 Å². The van der Waals surface area contributed by atoms with E-state index in [0.29, 0.717) is 0 Å². The Bertz CT molecular complexity index is 1680. The van der Waals surface area contributed by atoms with Crippen LogP contribution < -0.4 is 0 Å². The van der Waals surface area contributed by atoms with Gasteiger partial charge in [0.05, 0.1) is 0 Å². The number of fused-ring (bicyclic) bond motifs is 4. The molecule has 1 nitrogen and oxygen atoms in total. The number of hydrogen-bond acceptors (Lipinski definition) is 1. The molecule has 0 radical (unpaired) electrons. The van der Waals surface area contributed by atoms with E-state index < -0.39 is 5.60 Å². The molecule has 4 aliphatic rings. The molecule has 0 amide bonds. The first-order valence-electron chi connectivity index (χ1n) is 14.1. The molecule has 39 heavy (non-hydrogen) atoms. The first-order chi connectivity index (χ1) is 19.2. The molecular weight excluding hydrogens is 472 g/mol. The molecule has 0 aliphatic heterocycles. The fraction of sp³-hybridized carbons (Fsp3) is 0.158. The first kappa shape index (κ1) is 22.8. The predicted molar refractivity (Wildman–Crippen MR) is 159 cm³/mol. The van der Waals surface area contributed by atoms with Crippen LogP contribution in [0.2, 0.25) is 0 Å². The van der Waals surface area contributed by atoms with Crippen LogP contribution in [0.15, 0.2) is 151 Å². The molecule has 0 heterocycles. The lowest BCUT2D eigenvalue weighted by atomic mass is 9.64. The molecule has 2 atom stereocenters. The van der Waals surface area contributed by atoms with Crippen molar-refractivity contribution < 1.29 is 5.11 Å². The Morgan fingerprint density at radius 3 is 1.62 bits per heavy atom. The van der Waals surface area contributed by atoms with Gasteiger partial charge in [0.25, 0.3) is 0 Å².